The first kappa shape index (κ1) is 11.3. The van der Waals surface area contributed by atoms with E-state index in [1.165, 1.54) is 19.3 Å². The fourth-order valence-electron chi connectivity index (χ4n) is 3.12. The fourth-order valence-corrected chi connectivity index (χ4v) is 3.38. The van der Waals surface area contributed by atoms with Gasteiger partial charge in [0.1, 0.15) is 0 Å². The summed E-state index contributed by atoms with van der Waals surface area (Å²) in [5.74, 6) is 2.02. The van der Waals surface area contributed by atoms with Crippen LogP contribution in [-0.4, -0.2) is 5.91 Å². The maximum absolute atomic E-state index is 11.9. The van der Waals surface area contributed by atoms with Gasteiger partial charge in [0.15, 0.2) is 0 Å². The lowest BCUT2D eigenvalue weighted by Crippen LogP contribution is -2.26. The Morgan fingerprint density at radius 3 is 2.53 bits per heavy atom. The van der Waals surface area contributed by atoms with Gasteiger partial charge in [-0.3, -0.25) is 4.79 Å². The minimum absolute atomic E-state index is 0.266. The number of nitrogens with one attached hydrogen (secondary N) is 1. The smallest absolute Gasteiger partial charge is 0.223 e. The summed E-state index contributed by atoms with van der Waals surface area (Å²) in [6.45, 7) is 0.655. The lowest BCUT2D eigenvalue weighted by Gasteiger charge is -2.06. The van der Waals surface area contributed by atoms with Gasteiger partial charge in [0.05, 0.1) is 0 Å². The van der Waals surface area contributed by atoms with Gasteiger partial charge >= 0.3 is 0 Å². The first-order valence-corrected chi connectivity index (χ1v) is 7.07. The molecule has 0 heterocycles. The molecule has 3 heteroatoms. The van der Waals surface area contributed by atoms with E-state index in [2.05, 4.69) is 21.2 Å². The number of hydrogen-bond donors (Lipinski definition) is 1. The summed E-state index contributed by atoms with van der Waals surface area (Å²) in [5, 5.41) is 3.05. The van der Waals surface area contributed by atoms with Gasteiger partial charge in [-0.05, 0) is 42.4 Å². The number of amides is 1. The molecule has 0 saturated heterocycles. The molecule has 2 atom stereocenters. The zero-order chi connectivity index (χ0) is 11.8. The van der Waals surface area contributed by atoms with Crippen molar-refractivity contribution >= 4 is 21.8 Å². The number of halogens is 1. The van der Waals surface area contributed by atoms with Crippen molar-refractivity contribution in [3.8, 4) is 0 Å². The fraction of sp³-hybridized carbons (Fsp3) is 0.500. The molecule has 1 aromatic rings. The summed E-state index contributed by atoms with van der Waals surface area (Å²) in [7, 11) is 0. The van der Waals surface area contributed by atoms with Crippen LogP contribution < -0.4 is 5.32 Å². The SMILES string of the molecule is O=C(NCc1ccc(Br)cc1)C1C2CCCC21. The third-order valence-electron chi connectivity index (χ3n) is 4.09. The van der Waals surface area contributed by atoms with Gasteiger partial charge < -0.3 is 5.32 Å². The third kappa shape index (κ3) is 2.25. The molecule has 17 heavy (non-hydrogen) atoms. The van der Waals surface area contributed by atoms with Crippen LogP contribution >= 0.6 is 15.9 Å². The Labute approximate surface area is 110 Å². The molecule has 2 unspecified atom stereocenters. The van der Waals surface area contributed by atoms with Crippen LogP contribution in [0.1, 0.15) is 24.8 Å². The Morgan fingerprint density at radius 1 is 1.24 bits per heavy atom. The van der Waals surface area contributed by atoms with E-state index in [1.54, 1.807) is 0 Å². The molecule has 0 aromatic heterocycles. The van der Waals surface area contributed by atoms with E-state index in [9.17, 15) is 4.79 Å². The van der Waals surface area contributed by atoms with Crippen molar-refractivity contribution in [3.63, 3.8) is 0 Å². The van der Waals surface area contributed by atoms with E-state index >= 15 is 0 Å². The van der Waals surface area contributed by atoms with Gasteiger partial charge in [-0.1, -0.05) is 34.5 Å². The van der Waals surface area contributed by atoms with E-state index in [4.69, 9.17) is 0 Å². The van der Waals surface area contributed by atoms with Crippen LogP contribution in [0.25, 0.3) is 0 Å². The molecule has 2 saturated carbocycles. The largest absolute Gasteiger partial charge is 0.352 e. The van der Waals surface area contributed by atoms with Gasteiger partial charge in [-0.2, -0.15) is 0 Å². The number of fused-ring (bicyclic) bond motifs is 1. The number of carbonyl (C=O) groups is 1. The Morgan fingerprint density at radius 2 is 1.88 bits per heavy atom. The van der Waals surface area contributed by atoms with Gasteiger partial charge in [0.2, 0.25) is 5.91 Å². The Hall–Kier alpha value is -0.830. The lowest BCUT2D eigenvalue weighted by atomic mass is 10.1. The van der Waals surface area contributed by atoms with Crippen molar-refractivity contribution in [2.45, 2.75) is 25.8 Å². The second kappa shape index (κ2) is 4.45. The molecule has 2 nitrogen and oxygen atoms in total. The molecule has 0 radical (unpaired) electrons. The number of hydrogen-bond acceptors (Lipinski definition) is 1. The van der Waals surface area contributed by atoms with Crippen LogP contribution in [0.5, 0.6) is 0 Å². The summed E-state index contributed by atoms with van der Waals surface area (Å²) in [5.41, 5.74) is 1.16. The Kier molecular flexibility index (Phi) is 2.95. The zero-order valence-corrected chi connectivity index (χ0v) is 11.2. The van der Waals surface area contributed by atoms with Crippen LogP contribution in [0.2, 0.25) is 0 Å². The zero-order valence-electron chi connectivity index (χ0n) is 9.66. The number of rotatable bonds is 3. The third-order valence-corrected chi connectivity index (χ3v) is 4.62. The second-order valence-corrected chi connectivity index (χ2v) is 6.04. The van der Waals surface area contributed by atoms with Crippen LogP contribution in [0.3, 0.4) is 0 Å². The quantitative estimate of drug-likeness (QED) is 0.912. The van der Waals surface area contributed by atoms with Gasteiger partial charge in [0.25, 0.3) is 0 Å². The number of benzene rings is 1. The highest BCUT2D eigenvalue weighted by Crippen LogP contribution is 2.57. The maximum Gasteiger partial charge on any atom is 0.223 e. The highest BCUT2D eigenvalue weighted by molar-refractivity contribution is 9.10. The van der Waals surface area contributed by atoms with E-state index in [1.807, 2.05) is 24.3 Å². The molecule has 1 aromatic carbocycles. The first-order chi connectivity index (χ1) is 8.25. The maximum atomic E-state index is 11.9. The highest BCUT2D eigenvalue weighted by atomic mass is 79.9. The van der Waals surface area contributed by atoms with Gasteiger partial charge in [-0.25, -0.2) is 0 Å². The monoisotopic (exact) mass is 293 g/mol. The molecule has 90 valence electrons. The Balaban J connectivity index is 1.51. The average Bonchev–Trinajstić information content (AvgIpc) is 2.82. The lowest BCUT2D eigenvalue weighted by molar-refractivity contribution is -0.123. The second-order valence-electron chi connectivity index (χ2n) is 5.13. The summed E-state index contributed by atoms with van der Waals surface area (Å²) < 4.78 is 1.07. The summed E-state index contributed by atoms with van der Waals surface area (Å²) in [6.07, 6.45) is 3.86. The minimum Gasteiger partial charge on any atom is -0.352 e. The van der Waals surface area contributed by atoms with E-state index < -0.39 is 0 Å². The van der Waals surface area contributed by atoms with E-state index in [-0.39, 0.29) is 5.91 Å². The van der Waals surface area contributed by atoms with Crippen molar-refractivity contribution in [2.75, 3.05) is 0 Å². The van der Waals surface area contributed by atoms with Crippen molar-refractivity contribution in [1.29, 1.82) is 0 Å². The van der Waals surface area contributed by atoms with Crippen LogP contribution in [0.4, 0.5) is 0 Å². The van der Waals surface area contributed by atoms with E-state index in [0.717, 1.165) is 10.0 Å². The normalized spacial score (nSPS) is 29.8. The summed E-state index contributed by atoms with van der Waals surface area (Å²) >= 11 is 3.40. The molecule has 2 aliphatic rings. The van der Waals surface area contributed by atoms with Crippen LogP contribution in [0.15, 0.2) is 28.7 Å². The van der Waals surface area contributed by atoms with Gasteiger partial charge in [0, 0.05) is 16.9 Å². The van der Waals surface area contributed by atoms with Crippen molar-refractivity contribution in [3.05, 3.63) is 34.3 Å². The number of carbonyl (C=O) groups excluding carboxylic acids is 1. The van der Waals surface area contributed by atoms with Crippen molar-refractivity contribution in [1.82, 2.24) is 5.32 Å². The van der Waals surface area contributed by atoms with Gasteiger partial charge in [-0.15, -0.1) is 0 Å². The molecular formula is C14H16BrNO. The van der Waals surface area contributed by atoms with Crippen molar-refractivity contribution < 1.29 is 4.79 Å². The van der Waals surface area contributed by atoms with Crippen molar-refractivity contribution in [2.24, 2.45) is 17.8 Å². The minimum atomic E-state index is 0.266. The topological polar surface area (TPSA) is 29.1 Å². The average molecular weight is 294 g/mol. The molecule has 1 amide bonds. The molecule has 2 aliphatic carbocycles. The molecule has 2 fully saturated rings. The molecule has 1 N–H and O–H groups in total. The first-order valence-electron chi connectivity index (χ1n) is 6.28. The molecule has 0 spiro atoms. The summed E-state index contributed by atoms with van der Waals surface area (Å²) in [6, 6.07) is 8.09. The predicted octanol–water partition coefficient (Wildman–Crippen LogP) is 3.11. The highest BCUT2D eigenvalue weighted by Gasteiger charge is 2.56. The standard InChI is InChI=1S/C14H16BrNO/c15-10-6-4-9(5-7-10)8-16-14(17)13-11-2-1-3-12(11)13/h4-7,11-13H,1-3,8H2,(H,16,17). The molecule has 0 bridgehead atoms. The molecule has 0 aliphatic heterocycles. The molecular weight excluding hydrogens is 278 g/mol. The predicted molar refractivity (Wildman–Crippen MR) is 70.3 cm³/mol. The molecule has 3 rings (SSSR count). The van der Waals surface area contributed by atoms with Crippen LogP contribution in [-0.2, 0) is 11.3 Å². The van der Waals surface area contributed by atoms with Crippen LogP contribution in [0, 0.1) is 17.8 Å². The Bertz CT molecular complexity index is 418. The summed E-state index contributed by atoms with van der Waals surface area (Å²) in [4.78, 5) is 11.9. The van der Waals surface area contributed by atoms with E-state index in [0.29, 0.717) is 24.3 Å².